The van der Waals surface area contributed by atoms with Crippen LogP contribution in [0, 0.1) is 0 Å². The Hall–Kier alpha value is -1.65. The Morgan fingerprint density at radius 2 is 2.21 bits per heavy atom. The summed E-state index contributed by atoms with van der Waals surface area (Å²) in [7, 11) is 0. The highest BCUT2D eigenvalue weighted by Crippen LogP contribution is 2.13. The van der Waals surface area contributed by atoms with Gasteiger partial charge in [-0.1, -0.05) is 0 Å². The highest BCUT2D eigenvalue weighted by atomic mass is 16.6. The number of nitrogens with two attached hydrogens (primary N) is 1. The summed E-state index contributed by atoms with van der Waals surface area (Å²) < 4.78 is 5.12. The van der Waals surface area contributed by atoms with Gasteiger partial charge in [-0.2, -0.15) is 0 Å². The van der Waals surface area contributed by atoms with Gasteiger partial charge in [0.05, 0.1) is 0 Å². The molecule has 0 bridgehead atoms. The predicted octanol–water partition coefficient (Wildman–Crippen LogP) is 0.547. The molecule has 0 aromatic rings. The van der Waals surface area contributed by atoms with Crippen molar-refractivity contribution in [2.45, 2.75) is 26.4 Å². The van der Waals surface area contributed by atoms with Gasteiger partial charge >= 0.3 is 5.97 Å². The number of carbonyl (C=O) groups is 1. The van der Waals surface area contributed by atoms with E-state index >= 15 is 0 Å². The fraction of sp³-hybridized carbons (Fsp3) is 0.444. The van der Waals surface area contributed by atoms with Crippen LogP contribution in [0.5, 0.6) is 0 Å². The van der Waals surface area contributed by atoms with E-state index in [1.54, 1.807) is 20.8 Å². The fourth-order valence-electron chi connectivity index (χ4n) is 0.855. The van der Waals surface area contributed by atoms with Crippen molar-refractivity contribution >= 4 is 5.97 Å². The highest BCUT2D eigenvalue weighted by Gasteiger charge is 2.21. The first-order chi connectivity index (χ1) is 6.40. The third-order valence-electron chi connectivity index (χ3n) is 1.38. The molecular weight excluding hydrogens is 184 g/mol. The third-order valence-corrected chi connectivity index (χ3v) is 1.38. The smallest absolute Gasteiger partial charge is 0.342 e. The molecule has 0 unspecified atom stereocenters. The van der Waals surface area contributed by atoms with E-state index in [1.165, 1.54) is 12.3 Å². The summed E-state index contributed by atoms with van der Waals surface area (Å²) >= 11 is 0. The van der Waals surface area contributed by atoms with E-state index in [0.717, 1.165) is 0 Å². The topological polar surface area (TPSA) is 73.6 Å². The average Bonchev–Trinajstić information content (AvgIpc) is 2.01. The van der Waals surface area contributed by atoms with Gasteiger partial charge in [0, 0.05) is 0 Å². The van der Waals surface area contributed by atoms with E-state index in [2.05, 4.69) is 10.3 Å². The fourth-order valence-corrected chi connectivity index (χ4v) is 0.855. The number of nitrogens with one attached hydrogen (secondary N) is 1. The van der Waals surface area contributed by atoms with Gasteiger partial charge in [0.2, 0.25) is 0 Å². The molecule has 0 aromatic carbocycles. The van der Waals surface area contributed by atoms with Gasteiger partial charge in [-0.3, -0.25) is 0 Å². The van der Waals surface area contributed by atoms with E-state index in [1.807, 2.05) is 0 Å². The first kappa shape index (κ1) is 10.4. The van der Waals surface area contributed by atoms with Crippen LogP contribution in [-0.4, -0.2) is 11.6 Å². The Morgan fingerprint density at radius 3 is 2.71 bits per heavy atom. The lowest BCUT2D eigenvalue weighted by Gasteiger charge is -2.21. The second kappa shape index (κ2) is 3.61. The predicted molar refractivity (Wildman–Crippen MR) is 50.4 cm³/mol. The van der Waals surface area contributed by atoms with Crippen LogP contribution in [0.15, 0.2) is 23.7 Å². The first-order valence-corrected chi connectivity index (χ1v) is 4.21. The maximum Gasteiger partial charge on any atom is 0.342 e. The van der Waals surface area contributed by atoms with Crippen LogP contribution >= 0.6 is 0 Å². The second-order valence-corrected chi connectivity index (χ2v) is 3.85. The normalized spacial score (nSPS) is 15.9. The summed E-state index contributed by atoms with van der Waals surface area (Å²) in [6.07, 6.45) is 2.79. The van der Waals surface area contributed by atoms with Crippen LogP contribution in [0.1, 0.15) is 20.8 Å². The molecule has 1 rings (SSSR count). The zero-order valence-corrected chi connectivity index (χ0v) is 8.46. The minimum absolute atomic E-state index is 0.154. The Kier molecular flexibility index (Phi) is 2.69. The van der Waals surface area contributed by atoms with Crippen LogP contribution in [-0.2, 0) is 14.4 Å². The molecule has 0 aromatic heterocycles. The Morgan fingerprint density at radius 1 is 1.57 bits per heavy atom. The Labute approximate surface area is 82.5 Å². The molecule has 5 heteroatoms. The van der Waals surface area contributed by atoms with Crippen molar-refractivity contribution in [3.05, 3.63) is 23.7 Å². The minimum atomic E-state index is -0.531. The second-order valence-electron chi connectivity index (χ2n) is 3.85. The Balaban J connectivity index is 2.75. The molecule has 0 fully saturated rings. The van der Waals surface area contributed by atoms with E-state index in [0.29, 0.717) is 0 Å². The van der Waals surface area contributed by atoms with Gasteiger partial charge < -0.3 is 15.3 Å². The van der Waals surface area contributed by atoms with Crippen LogP contribution < -0.4 is 11.2 Å². The largest absolute Gasteiger partial charge is 0.456 e. The van der Waals surface area contributed by atoms with E-state index in [9.17, 15) is 4.79 Å². The van der Waals surface area contributed by atoms with Crippen molar-refractivity contribution in [2.75, 3.05) is 0 Å². The molecule has 0 atom stereocenters. The molecule has 1 heterocycles. The number of ether oxygens (including phenoxy) is 1. The zero-order chi connectivity index (χ0) is 10.8. The van der Waals surface area contributed by atoms with Gasteiger partial charge in [-0.15, -0.1) is 0 Å². The quantitative estimate of drug-likeness (QED) is 0.602. The summed E-state index contributed by atoms with van der Waals surface area (Å²) in [4.78, 5) is 16.2. The van der Waals surface area contributed by atoms with Crippen molar-refractivity contribution in [2.24, 2.45) is 5.73 Å². The summed E-state index contributed by atoms with van der Waals surface area (Å²) in [5, 5.41) is 0. The minimum Gasteiger partial charge on any atom is -0.456 e. The van der Waals surface area contributed by atoms with Crippen LogP contribution in [0.4, 0.5) is 0 Å². The number of carbonyl (C=O) groups excluding carboxylic acids is 1. The zero-order valence-electron chi connectivity index (χ0n) is 8.46. The van der Waals surface area contributed by atoms with Gasteiger partial charge in [0.1, 0.15) is 23.3 Å². The molecule has 0 aliphatic carbocycles. The number of esters is 1. The molecular formula is C9H14N2O3. The van der Waals surface area contributed by atoms with Crippen molar-refractivity contribution in [3.8, 4) is 0 Å². The molecule has 0 saturated heterocycles. The van der Waals surface area contributed by atoms with E-state index in [4.69, 9.17) is 10.5 Å². The monoisotopic (exact) mass is 198 g/mol. The van der Waals surface area contributed by atoms with E-state index < -0.39 is 11.6 Å². The van der Waals surface area contributed by atoms with Crippen molar-refractivity contribution < 1.29 is 14.4 Å². The molecule has 0 spiro atoms. The van der Waals surface area contributed by atoms with E-state index in [-0.39, 0.29) is 11.4 Å². The first-order valence-electron chi connectivity index (χ1n) is 4.21. The average molecular weight is 198 g/mol. The Bertz CT molecular complexity index is 300. The number of rotatable bonds is 1. The number of hydrogen-bond donors (Lipinski definition) is 2. The molecule has 5 nitrogen and oxygen atoms in total. The van der Waals surface area contributed by atoms with Crippen LogP contribution in [0.25, 0.3) is 0 Å². The summed E-state index contributed by atoms with van der Waals surface area (Å²) in [5.41, 5.74) is 7.60. The third kappa shape index (κ3) is 2.69. The van der Waals surface area contributed by atoms with Crippen molar-refractivity contribution in [1.82, 2.24) is 5.48 Å². The summed E-state index contributed by atoms with van der Waals surface area (Å²) in [6, 6.07) is 0. The molecule has 1 aliphatic heterocycles. The highest BCUT2D eigenvalue weighted by molar-refractivity contribution is 5.92. The van der Waals surface area contributed by atoms with Gasteiger partial charge in [-0.05, 0) is 26.8 Å². The van der Waals surface area contributed by atoms with Crippen LogP contribution in [0.3, 0.4) is 0 Å². The lowest BCUT2D eigenvalue weighted by atomic mass is 10.2. The van der Waals surface area contributed by atoms with Crippen molar-refractivity contribution in [3.63, 3.8) is 0 Å². The molecule has 3 N–H and O–H groups in total. The molecule has 78 valence electrons. The standard InChI is InChI=1S/C9H14N2O3/c1-9(2,3)14-8(12)6-4-5-13-11-7(6)10/h4-5,11H,10H2,1-3H3. The molecule has 1 aliphatic rings. The maximum atomic E-state index is 11.5. The van der Waals surface area contributed by atoms with Gasteiger partial charge in [-0.25, -0.2) is 10.3 Å². The van der Waals surface area contributed by atoms with Gasteiger partial charge in [0.15, 0.2) is 0 Å². The maximum absolute atomic E-state index is 11.5. The summed E-state index contributed by atoms with van der Waals surface area (Å²) in [5.74, 6) is -0.316. The van der Waals surface area contributed by atoms with Crippen LogP contribution in [0.2, 0.25) is 0 Å². The lowest BCUT2D eigenvalue weighted by molar-refractivity contribution is -0.149. The lowest BCUT2D eigenvalue weighted by Crippen LogP contribution is -2.30. The van der Waals surface area contributed by atoms with Gasteiger partial charge in [0.25, 0.3) is 0 Å². The molecule has 0 saturated carbocycles. The molecule has 0 radical (unpaired) electrons. The number of hydrogen-bond acceptors (Lipinski definition) is 5. The van der Waals surface area contributed by atoms with Crippen molar-refractivity contribution in [1.29, 1.82) is 0 Å². The molecule has 14 heavy (non-hydrogen) atoms. The SMILES string of the molecule is CC(C)(C)OC(=O)C1=C(N)NOC=C1. The molecule has 0 amide bonds. The summed E-state index contributed by atoms with van der Waals surface area (Å²) in [6.45, 7) is 5.37. The number of hydroxylamine groups is 1.